The second-order valence-electron chi connectivity index (χ2n) is 6.32. The zero-order chi connectivity index (χ0) is 18.4. The van der Waals surface area contributed by atoms with Crippen molar-refractivity contribution >= 4 is 33.9 Å². The molecule has 136 valence electrons. The second kappa shape index (κ2) is 8.92. The SMILES string of the molecule is CCCCC(CN(O)C=O)C(=O)N[C@@H](C)c1nc2cc(C)ccc2s1. The number of nitrogens with one attached hydrogen (secondary N) is 1. The summed E-state index contributed by atoms with van der Waals surface area (Å²) in [5.41, 5.74) is 2.09. The zero-order valence-corrected chi connectivity index (χ0v) is 15.7. The second-order valence-corrected chi connectivity index (χ2v) is 7.38. The predicted octanol–water partition coefficient (Wildman–Crippen LogP) is 3.44. The van der Waals surface area contributed by atoms with Gasteiger partial charge in [-0.25, -0.2) is 10.0 Å². The maximum Gasteiger partial charge on any atom is 0.233 e. The quantitative estimate of drug-likeness (QED) is 0.406. The minimum Gasteiger partial charge on any atom is -0.347 e. The molecule has 0 spiro atoms. The Labute approximate surface area is 151 Å². The number of hydroxylamine groups is 2. The van der Waals surface area contributed by atoms with Crippen molar-refractivity contribution in [3.8, 4) is 0 Å². The van der Waals surface area contributed by atoms with Crippen LogP contribution in [0.2, 0.25) is 0 Å². The molecule has 7 heteroatoms. The van der Waals surface area contributed by atoms with Crippen molar-refractivity contribution in [3.63, 3.8) is 0 Å². The fourth-order valence-corrected chi connectivity index (χ4v) is 3.61. The number of hydrogen-bond acceptors (Lipinski definition) is 5. The molecule has 1 aromatic carbocycles. The van der Waals surface area contributed by atoms with Gasteiger partial charge in [-0.3, -0.25) is 14.8 Å². The van der Waals surface area contributed by atoms with Gasteiger partial charge in [0.1, 0.15) is 5.01 Å². The van der Waals surface area contributed by atoms with Crippen LogP contribution in [0.1, 0.15) is 49.7 Å². The van der Waals surface area contributed by atoms with Crippen LogP contribution in [0.3, 0.4) is 0 Å². The molecule has 1 aromatic heterocycles. The highest BCUT2D eigenvalue weighted by Gasteiger charge is 2.23. The van der Waals surface area contributed by atoms with Gasteiger partial charge in [-0.1, -0.05) is 25.8 Å². The summed E-state index contributed by atoms with van der Waals surface area (Å²) in [5, 5.41) is 13.8. The van der Waals surface area contributed by atoms with Crippen LogP contribution < -0.4 is 5.32 Å². The van der Waals surface area contributed by atoms with Gasteiger partial charge < -0.3 is 5.32 Å². The molecule has 2 N–H and O–H groups in total. The third-order valence-corrected chi connectivity index (χ3v) is 5.31. The average Bonchev–Trinajstić information content (AvgIpc) is 3.01. The maximum atomic E-state index is 12.6. The van der Waals surface area contributed by atoms with E-state index in [4.69, 9.17) is 0 Å². The van der Waals surface area contributed by atoms with Crippen LogP contribution >= 0.6 is 11.3 Å². The van der Waals surface area contributed by atoms with E-state index in [0.29, 0.717) is 17.9 Å². The van der Waals surface area contributed by atoms with Crippen molar-refractivity contribution in [1.29, 1.82) is 0 Å². The van der Waals surface area contributed by atoms with Gasteiger partial charge in [0.2, 0.25) is 12.3 Å². The van der Waals surface area contributed by atoms with E-state index in [1.54, 1.807) is 11.3 Å². The first-order valence-electron chi connectivity index (χ1n) is 8.52. The molecule has 25 heavy (non-hydrogen) atoms. The fourth-order valence-electron chi connectivity index (χ4n) is 2.66. The summed E-state index contributed by atoms with van der Waals surface area (Å²) in [7, 11) is 0. The number of thiazole rings is 1. The Kier molecular flexibility index (Phi) is 6.90. The lowest BCUT2D eigenvalue weighted by Gasteiger charge is -2.21. The number of rotatable bonds is 9. The number of unbranched alkanes of at least 4 members (excludes halogenated alkanes) is 1. The molecule has 2 atom stereocenters. The highest BCUT2D eigenvalue weighted by atomic mass is 32.1. The summed E-state index contributed by atoms with van der Waals surface area (Å²) in [5.74, 6) is -0.605. The van der Waals surface area contributed by atoms with Crippen molar-refractivity contribution in [2.45, 2.75) is 46.1 Å². The number of carbonyl (C=O) groups is 2. The molecule has 0 radical (unpaired) electrons. The number of nitrogens with zero attached hydrogens (tertiary/aromatic N) is 2. The Morgan fingerprint density at radius 2 is 2.24 bits per heavy atom. The highest BCUT2D eigenvalue weighted by molar-refractivity contribution is 7.18. The van der Waals surface area contributed by atoms with Crippen molar-refractivity contribution in [2.24, 2.45) is 5.92 Å². The number of benzene rings is 1. The monoisotopic (exact) mass is 363 g/mol. The predicted molar refractivity (Wildman–Crippen MR) is 98.5 cm³/mol. The van der Waals surface area contributed by atoms with Crippen molar-refractivity contribution in [1.82, 2.24) is 15.4 Å². The van der Waals surface area contributed by atoms with Gasteiger partial charge in [-0.15, -0.1) is 11.3 Å². The van der Waals surface area contributed by atoms with Gasteiger partial charge in [0.25, 0.3) is 0 Å². The number of hydrogen-bond donors (Lipinski definition) is 2. The van der Waals surface area contributed by atoms with Crippen LogP contribution in [0.15, 0.2) is 18.2 Å². The number of aromatic nitrogens is 1. The van der Waals surface area contributed by atoms with Crippen LogP contribution in [-0.2, 0) is 9.59 Å². The molecular formula is C18H25N3O3S. The summed E-state index contributed by atoms with van der Waals surface area (Å²) in [6.45, 7) is 5.96. The first-order chi connectivity index (χ1) is 11.9. The molecule has 0 fully saturated rings. The van der Waals surface area contributed by atoms with Gasteiger partial charge in [-0.05, 0) is 38.0 Å². The van der Waals surface area contributed by atoms with Gasteiger partial charge in [-0.2, -0.15) is 0 Å². The van der Waals surface area contributed by atoms with Crippen LogP contribution in [0.5, 0.6) is 0 Å². The number of aryl methyl sites for hydroxylation is 1. The van der Waals surface area contributed by atoms with Gasteiger partial charge in [0.15, 0.2) is 0 Å². The first-order valence-corrected chi connectivity index (χ1v) is 9.34. The summed E-state index contributed by atoms with van der Waals surface area (Å²) in [6.07, 6.45) is 2.76. The van der Waals surface area contributed by atoms with Crippen LogP contribution in [-0.4, -0.2) is 34.1 Å². The van der Waals surface area contributed by atoms with Crippen molar-refractivity contribution in [2.75, 3.05) is 6.54 Å². The van der Waals surface area contributed by atoms with E-state index < -0.39 is 5.92 Å². The molecule has 0 aliphatic rings. The van der Waals surface area contributed by atoms with E-state index in [1.807, 2.05) is 39.0 Å². The molecule has 0 aliphatic carbocycles. The van der Waals surface area contributed by atoms with E-state index in [0.717, 1.165) is 33.6 Å². The van der Waals surface area contributed by atoms with Crippen molar-refractivity contribution < 1.29 is 14.8 Å². The summed E-state index contributed by atoms with van der Waals surface area (Å²) >= 11 is 1.56. The third-order valence-electron chi connectivity index (χ3n) is 4.09. The van der Waals surface area contributed by atoms with Crippen LogP contribution in [0, 0.1) is 12.8 Å². The minimum absolute atomic E-state index is 0.00108. The van der Waals surface area contributed by atoms with E-state index in [-0.39, 0.29) is 18.5 Å². The molecule has 1 heterocycles. The Bertz CT molecular complexity index is 731. The number of carbonyl (C=O) groups excluding carboxylic acids is 2. The smallest absolute Gasteiger partial charge is 0.233 e. The molecule has 2 aromatic rings. The lowest BCUT2D eigenvalue weighted by molar-refractivity contribution is -0.154. The maximum absolute atomic E-state index is 12.6. The van der Waals surface area contributed by atoms with E-state index >= 15 is 0 Å². The summed E-state index contributed by atoms with van der Waals surface area (Å²) < 4.78 is 1.09. The number of fused-ring (bicyclic) bond motifs is 1. The minimum atomic E-state index is -0.436. The molecule has 6 nitrogen and oxygen atoms in total. The van der Waals surface area contributed by atoms with Crippen LogP contribution in [0.25, 0.3) is 10.2 Å². The molecular weight excluding hydrogens is 338 g/mol. The van der Waals surface area contributed by atoms with E-state index in [2.05, 4.69) is 10.3 Å². The largest absolute Gasteiger partial charge is 0.347 e. The van der Waals surface area contributed by atoms with Gasteiger partial charge in [0.05, 0.1) is 28.7 Å². The van der Waals surface area contributed by atoms with Crippen LogP contribution in [0.4, 0.5) is 0 Å². The molecule has 2 amide bonds. The topological polar surface area (TPSA) is 82.5 Å². The Hall–Kier alpha value is -1.99. The van der Waals surface area contributed by atoms with E-state index in [1.165, 1.54) is 0 Å². The summed E-state index contributed by atoms with van der Waals surface area (Å²) in [4.78, 5) is 27.8. The first kappa shape index (κ1) is 19.3. The molecule has 0 saturated heterocycles. The fraction of sp³-hybridized carbons (Fsp3) is 0.500. The lowest BCUT2D eigenvalue weighted by atomic mass is 10.0. The third kappa shape index (κ3) is 5.24. The summed E-state index contributed by atoms with van der Waals surface area (Å²) in [6, 6.07) is 5.89. The van der Waals surface area contributed by atoms with Gasteiger partial charge in [0, 0.05) is 0 Å². The highest BCUT2D eigenvalue weighted by Crippen LogP contribution is 2.27. The molecule has 0 bridgehead atoms. The molecule has 1 unspecified atom stereocenters. The molecule has 0 aliphatic heterocycles. The Morgan fingerprint density at radius 3 is 2.92 bits per heavy atom. The Morgan fingerprint density at radius 1 is 1.48 bits per heavy atom. The normalized spacial score (nSPS) is 13.4. The molecule has 0 saturated carbocycles. The van der Waals surface area contributed by atoms with Crippen molar-refractivity contribution in [3.05, 3.63) is 28.8 Å². The number of amides is 2. The zero-order valence-electron chi connectivity index (χ0n) is 14.9. The molecule has 2 rings (SSSR count). The standard InChI is InChI=1S/C18H25N3O3S/c1-4-5-6-14(10-21(24)11-22)17(23)19-13(3)18-20-15-9-12(2)7-8-16(15)25-18/h7-9,11,13-14,24H,4-6,10H2,1-3H3,(H,19,23)/t13-,14?/m0/s1. The van der Waals surface area contributed by atoms with Gasteiger partial charge >= 0.3 is 0 Å². The van der Waals surface area contributed by atoms with E-state index in [9.17, 15) is 14.8 Å². The Balaban J connectivity index is 2.07. The lowest BCUT2D eigenvalue weighted by Crippen LogP contribution is -2.38. The average molecular weight is 363 g/mol.